The molecule has 0 bridgehead atoms. The van der Waals surface area contributed by atoms with Gasteiger partial charge in [-0.2, -0.15) is 5.10 Å². The van der Waals surface area contributed by atoms with Gasteiger partial charge in [-0.3, -0.25) is 14.9 Å². The Balaban J connectivity index is 1.64. The number of phenols is 1. The van der Waals surface area contributed by atoms with E-state index in [0.717, 1.165) is 11.1 Å². The summed E-state index contributed by atoms with van der Waals surface area (Å²) in [5, 5.41) is 32.1. The minimum atomic E-state index is -0.308. The van der Waals surface area contributed by atoms with Crippen molar-refractivity contribution in [2.75, 3.05) is 5.32 Å². The van der Waals surface area contributed by atoms with Gasteiger partial charge >= 0.3 is 0 Å². The number of nitrogens with one attached hydrogen (secondary N) is 2. The molecule has 0 saturated carbocycles. The Morgan fingerprint density at radius 1 is 1.15 bits per heavy atom. The largest absolute Gasteiger partial charge is 0.505 e. The summed E-state index contributed by atoms with van der Waals surface area (Å²) in [5.74, 6) is -0.400. The van der Waals surface area contributed by atoms with E-state index >= 15 is 0 Å². The molecule has 9 heteroatoms. The molecule has 1 amide bonds. The van der Waals surface area contributed by atoms with Crippen molar-refractivity contribution in [3.05, 3.63) is 77.5 Å². The van der Waals surface area contributed by atoms with Gasteiger partial charge in [0.1, 0.15) is 17.2 Å². The number of aromatic amines is 1. The van der Waals surface area contributed by atoms with Crippen molar-refractivity contribution in [1.29, 1.82) is 0 Å². The van der Waals surface area contributed by atoms with Crippen LogP contribution < -0.4 is 5.32 Å². The van der Waals surface area contributed by atoms with E-state index in [0.29, 0.717) is 28.6 Å². The molecule has 5 rings (SSSR count). The Bertz CT molecular complexity index is 1490. The summed E-state index contributed by atoms with van der Waals surface area (Å²) in [5.41, 5.74) is 2.65. The number of pyridine rings is 1. The number of phenolic OH excluding ortho intramolecular Hbond substituents is 1. The first-order valence-corrected chi connectivity index (χ1v) is 10.2. The van der Waals surface area contributed by atoms with Crippen LogP contribution in [0.4, 0.5) is 10.2 Å². The average molecular weight is 445 g/mol. The summed E-state index contributed by atoms with van der Waals surface area (Å²) in [6.07, 6.45) is 5.32. The number of aromatic nitrogens is 4. The number of carbonyl (C=O) groups excluding carboxylic acids is 1. The molecule has 0 saturated heterocycles. The third kappa shape index (κ3) is 3.73. The highest BCUT2D eigenvalue weighted by Gasteiger charge is 2.22. The van der Waals surface area contributed by atoms with Crippen LogP contribution in [0.15, 0.2) is 55.0 Å². The number of H-pyrrole nitrogens is 1. The number of hydrogen-bond acceptors (Lipinski definition) is 5. The predicted octanol–water partition coefficient (Wildman–Crippen LogP) is 3.77. The predicted molar refractivity (Wildman–Crippen MR) is 122 cm³/mol. The number of benzene rings is 2. The van der Waals surface area contributed by atoms with Gasteiger partial charge in [-0.15, -0.1) is 0 Å². The Labute approximate surface area is 187 Å². The molecule has 0 aliphatic rings. The van der Waals surface area contributed by atoms with E-state index in [1.807, 2.05) is 6.07 Å². The maximum absolute atomic E-state index is 13.3. The van der Waals surface area contributed by atoms with Crippen molar-refractivity contribution in [2.24, 2.45) is 7.05 Å². The lowest BCUT2D eigenvalue weighted by molar-refractivity contribution is -0.115. The van der Waals surface area contributed by atoms with Crippen LogP contribution >= 0.6 is 0 Å². The molecule has 2 aromatic carbocycles. The number of rotatable bonds is 5. The quantitative estimate of drug-likeness (QED) is 0.329. The average Bonchev–Trinajstić information content (AvgIpc) is 3.40. The molecule has 3 aromatic heterocycles. The van der Waals surface area contributed by atoms with Crippen LogP contribution in [0.3, 0.4) is 0 Å². The molecule has 4 N–H and O–H groups in total. The van der Waals surface area contributed by atoms with Crippen LogP contribution in [-0.4, -0.2) is 35.9 Å². The number of amides is 1. The Morgan fingerprint density at radius 2 is 1.94 bits per heavy atom. The van der Waals surface area contributed by atoms with Crippen molar-refractivity contribution < 1.29 is 19.4 Å². The molecule has 33 heavy (non-hydrogen) atoms. The molecule has 0 unspecified atom stereocenters. The fourth-order valence-corrected chi connectivity index (χ4v) is 4.07. The van der Waals surface area contributed by atoms with Gasteiger partial charge in [-0.25, -0.2) is 4.39 Å². The van der Waals surface area contributed by atoms with Crippen molar-refractivity contribution in [2.45, 2.75) is 12.8 Å². The first kappa shape index (κ1) is 20.5. The van der Waals surface area contributed by atoms with E-state index in [4.69, 9.17) is 0 Å². The second-order valence-electron chi connectivity index (χ2n) is 7.92. The first-order valence-electron chi connectivity index (χ1n) is 10.2. The van der Waals surface area contributed by atoms with E-state index in [9.17, 15) is 19.4 Å². The van der Waals surface area contributed by atoms with Crippen molar-refractivity contribution in [1.82, 2.24) is 19.7 Å². The summed E-state index contributed by atoms with van der Waals surface area (Å²) >= 11 is 0. The van der Waals surface area contributed by atoms with Gasteiger partial charge in [0.15, 0.2) is 5.75 Å². The molecule has 3 heterocycles. The highest BCUT2D eigenvalue weighted by molar-refractivity contribution is 6.11. The number of fused-ring (bicyclic) bond motifs is 2. The molecule has 0 aliphatic carbocycles. The van der Waals surface area contributed by atoms with Gasteiger partial charge in [-0.1, -0.05) is 12.1 Å². The molecule has 5 aromatic rings. The van der Waals surface area contributed by atoms with Gasteiger partial charge in [0.25, 0.3) is 0 Å². The first-order chi connectivity index (χ1) is 15.9. The lowest BCUT2D eigenvalue weighted by atomic mass is 9.96. The maximum atomic E-state index is 13.3. The van der Waals surface area contributed by atoms with Crippen molar-refractivity contribution in [3.8, 4) is 11.6 Å². The molecule has 0 spiro atoms. The number of nitrogens with zero attached hydrogens (tertiary/aromatic N) is 3. The van der Waals surface area contributed by atoms with Gasteiger partial charge in [0.05, 0.1) is 18.0 Å². The van der Waals surface area contributed by atoms with Gasteiger partial charge in [0.2, 0.25) is 11.8 Å². The van der Waals surface area contributed by atoms with Crippen LogP contribution in [-0.2, 0) is 24.7 Å². The summed E-state index contributed by atoms with van der Waals surface area (Å²) in [6.45, 7) is 0. The molecular weight excluding hydrogens is 425 g/mol. The third-order valence-corrected chi connectivity index (χ3v) is 5.64. The Morgan fingerprint density at radius 3 is 2.67 bits per heavy atom. The molecule has 0 aliphatic heterocycles. The second kappa shape index (κ2) is 7.94. The number of halogens is 1. The number of anilines is 1. The SMILES string of the molecule is Cn1cc2c(CC(=O)Nc3ccn[nH]3)c3cc(Cc4ccc(F)cc4)cnc3c(O)c2c1O. The molecular formula is C24H20FN5O3. The highest BCUT2D eigenvalue weighted by atomic mass is 19.1. The zero-order chi connectivity index (χ0) is 23.1. The standard InChI is InChI=1S/C24H20FN5O3/c1-30-12-18-16(10-20(31)28-19-6-7-27-29-19)17-9-14(8-13-2-4-15(25)5-3-13)11-26-22(17)23(32)21(18)24(30)33/h2-7,9,11-12,32-33H,8,10H2,1H3,(H2,27,28,29,31). The van der Waals surface area contributed by atoms with Crippen LogP contribution in [0.2, 0.25) is 0 Å². The topological polar surface area (TPSA) is 116 Å². The van der Waals surface area contributed by atoms with Gasteiger partial charge in [-0.05, 0) is 41.3 Å². The lowest BCUT2D eigenvalue weighted by Crippen LogP contribution is -2.15. The van der Waals surface area contributed by atoms with Crippen LogP contribution in [0.5, 0.6) is 11.6 Å². The monoisotopic (exact) mass is 445 g/mol. The second-order valence-corrected chi connectivity index (χ2v) is 7.92. The minimum Gasteiger partial charge on any atom is -0.505 e. The van der Waals surface area contributed by atoms with Crippen LogP contribution in [0.1, 0.15) is 16.7 Å². The highest BCUT2D eigenvalue weighted by Crippen LogP contribution is 2.42. The summed E-state index contributed by atoms with van der Waals surface area (Å²) in [4.78, 5) is 17.3. The number of carbonyl (C=O) groups is 1. The maximum Gasteiger partial charge on any atom is 0.229 e. The zero-order valence-corrected chi connectivity index (χ0v) is 17.6. The third-order valence-electron chi connectivity index (χ3n) is 5.64. The van der Waals surface area contributed by atoms with Gasteiger partial charge < -0.3 is 20.1 Å². The van der Waals surface area contributed by atoms with Gasteiger partial charge in [0, 0.05) is 36.3 Å². The van der Waals surface area contributed by atoms with E-state index < -0.39 is 0 Å². The summed E-state index contributed by atoms with van der Waals surface area (Å²) in [6, 6.07) is 9.71. The lowest BCUT2D eigenvalue weighted by Gasteiger charge is -2.12. The molecule has 0 atom stereocenters. The van der Waals surface area contributed by atoms with E-state index in [1.54, 1.807) is 37.6 Å². The van der Waals surface area contributed by atoms with Crippen molar-refractivity contribution in [3.63, 3.8) is 0 Å². The normalized spacial score (nSPS) is 11.3. The Kier molecular flexibility index (Phi) is 4.93. The molecule has 166 valence electrons. The van der Waals surface area contributed by atoms with E-state index in [1.165, 1.54) is 22.9 Å². The number of aromatic hydroxyl groups is 2. The van der Waals surface area contributed by atoms with Crippen molar-refractivity contribution >= 4 is 33.4 Å². The van der Waals surface area contributed by atoms with E-state index in [2.05, 4.69) is 20.5 Å². The number of aryl methyl sites for hydroxylation is 1. The van der Waals surface area contributed by atoms with Crippen LogP contribution in [0, 0.1) is 5.82 Å². The molecule has 8 nitrogen and oxygen atoms in total. The zero-order valence-electron chi connectivity index (χ0n) is 17.6. The fraction of sp³-hybridized carbons (Fsp3) is 0.125. The molecule has 0 radical (unpaired) electrons. The fourth-order valence-electron chi connectivity index (χ4n) is 4.07. The van der Waals surface area contributed by atoms with Crippen LogP contribution in [0.25, 0.3) is 21.7 Å². The number of hydrogen-bond donors (Lipinski definition) is 4. The minimum absolute atomic E-state index is 0.0164. The molecule has 0 fully saturated rings. The smallest absolute Gasteiger partial charge is 0.229 e. The Hall–Kier alpha value is -4.40. The summed E-state index contributed by atoms with van der Waals surface area (Å²) < 4.78 is 14.7. The summed E-state index contributed by atoms with van der Waals surface area (Å²) in [7, 11) is 1.65. The van der Waals surface area contributed by atoms with E-state index in [-0.39, 0.29) is 40.7 Å².